The van der Waals surface area contributed by atoms with E-state index in [1.165, 1.54) is 7.11 Å². The van der Waals surface area contributed by atoms with E-state index in [0.29, 0.717) is 17.3 Å². The molecule has 0 amide bonds. The van der Waals surface area contributed by atoms with Crippen molar-refractivity contribution in [2.75, 3.05) is 13.7 Å². The molecule has 0 fully saturated rings. The highest BCUT2D eigenvalue weighted by molar-refractivity contribution is 6.31. The maximum absolute atomic E-state index is 10.1. The highest BCUT2D eigenvalue weighted by Crippen LogP contribution is 2.41. The Hall–Kier alpha value is -0.930. The predicted molar refractivity (Wildman–Crippen MR) is 66.5 cm³/mol. The largest absolute Gasteiger partial charge is 0.504 e. The third-order valence-electron chi connectivity index (χ3n) is 2.80. The van der Waals surface area contributed by atoms with Gasteiger partial charge in [-0.1, -0.05) is 18.5 Å². The Labute approximate surface area is 101 Å². The van der Waals surface area contributed by atoms with Gasteiger partial charge in [-0.15, -0.1) is 0 Å². The van der Waals surface area contributed by atoms with Gasteiger partial charge in [-0.3, -0.25) is 0 Å². The maximum atomic E-state index is 10.1. The molecule has 0 heterocycles. The van der Waals surface area contributed by atoms with Crippen molar-refractivity contribution in [2.45, 2.75) is 26.2 Å². The van der Waals surface area contributed by atoms with Crippen molar-refractivity contribution in [3.63, 3.8) is 0 Å². The first-order valence-corrected chi connectivity index (χ1v) is 5.66. The molecule has 1 aromatic rings. The summed E-state index contributed by atoms with van der Waals surface area (Å²) >= 11 is 6.09. The van der Waals surface area contributed by atoms with Crippen LogP contribution in [0.4, 0.5) is 0 Å². The number of phenolic OH excluding ortho intramolecular Hbond substituents is 1. The maximum Gasteiger partial charge on any atom is 0.165 e. The average Bonchev–Trinajstić information content (AvgIpc) is 2.24. The van der Waals surface area contributed by atoms with E-state index in [2.05, 4.69) is 0 Å². The van der Waals surface area contributed by atoms with Crippen molar-refractivity contribution < 1.29 is 9.84 Å². The van der Waals surface area contributed by atoms with Crippen LogP contribution in [-0.4, -0.2) is 18.8 Å². The molecule has 0 aliphatic rings. The number of hydrogen-bond acceptors (Lipinski definition) is 3. The molecule has 0 aliphatic carbocycles. The van der Waals surface area contributed by atoms with Crippen molar-refractivity contribution >= 4 is 11.6 Å². The molecule has 0 radical (unpaired) electrons. The number of benzene rings is 1. The van der Waals surface area contributed by atoms with Crippen LogP contribution >= 0.6 is 11.6 Å². The third kappa shape index (κ3) is 2.42. The fourth-order valence-corrected chi connectivity index (χ4v) is 1.96. The van der Waals surface area contributed by atoms with Gasteiger partial charge in [-0.25, -0.2) is 0 Å². The summed E-state index contributed by atoms with van der Waals surface area (Å²) < 4.78 is 5.16. The molecule has 3 nitrogen and oxygen atoms in total. The lowest BCUT2D eigenvalue weighted by atomic mass is 9.95. The number of nitrogens with two attached hydrogens (primary N) is 1. The molecule has 1 aromatic carbocycles. The summed E-state index contributed by atoms with van der Waals surface area (Å²) in [5, 5.41) is 10.7. The van der Waals surface area contributed by atoms with E-state index < -0.39 is 0 Å². The molecule has 1 atom stereocenters. The van der Waals surface area contributed by atoms with Gasteiger partial charge in [-0.05, 0) is 31.9 Å². The zero-order valence-electron chi connectivity index (χ0n) is 9.88. The quantitative estimate of drug-likeness (QED) is 0.855. The number of rotatable bonds is 4. The Morgan fingerprint density at radius 3 is 2.69 bits per heavy atom. The minimum atomic E-state index is 0.164. The van der Waals surface area contributed by atoms with Crippen LogP contribution in [-0.2, 0) is 0 Å². The lowest BCUT2D eigenvalue weighted by Crippen LogP contribution is -2.05. The second-order valence-electron chi connectivity index (χ2n) is 3.93. The number of phenols is 1. The van der Waals surface area contributed by atoms with Crippen molar-refractivity contribution in [2.24, 2.45) is 5.73 Å². The highest BCUT2D eigenvalue weighted by atomic mass is 35.5. The smallest absolute Gasteiger partial charge is 0.165 e. The number of halogens is 1. The van der Waals surface area contributed by atoms with Crippen molar-refractivity contribution in [3.8, 4) is 11.5 Å². The number of hydrogen-bond donors (Lipinski definition) is 2. The minimum absolute atomic E-state index is 0.164. The summed E-state index contributed by atoms with van der Waals surface area (Å²) in [5.74, 6) is 0.786. The normalized spacial score (nSPS) is 12.6. The van der Waals surface area contributed by atoms with Crippen LogP contribution in [0, 0.1) is 6.92 Å². The van der Waals surface area contributed by atoms with Gasteiger partial charge in [0.15, 0.2) is 11.5 Å². The minimum Gasteiger partial charge on any atom is -0.504 e. The molecular weight excluding hydrogens is 226 g/mol. The number of ether oxygens (including phenoxy) is 1. The fourth-order valence-electron chi connectivity index (χ4n) is 1.76. The van der Waals surface area contributed by atoms with Gasteiger partial charge in [0.2, 0.25) is 0 Å². The molecule has 1 unspecified atom stereocenters. The van der Waals surface area contributed by atoms with Gasteiger partial charge in [-0.2, -0.15) is 0 Å². The van der Waals surface area contributed by atoms with Gasteiger partial charge in [0.25, 0.3) is 0 Å². The van der Waals surface area contributed by atoms with E-state index in [1.807, 2.05) is 13.8 Å². The molecule has 3 N–H and O–H groups in total. The lowest BCUT2D eigenvalue weighted by Gasteiger charge is -2.17. The second kappa shape index (κ2) is 5.41. The Morgan fingerprint density at radius 1 is 1.56 bits per heavy atom. The zero-order chi connectivity index (χ0) is 12.3. The van der Waals surface area contributed by atoms with Crippen molar-refractivity contribution in [1.82, 2.24) is 0 Å². The highest BCUT2D eigenvalue weighted by Gasteiger charge is 2.18. The Balaban J connectivity index is 3.25. The monoisotopic (exact) mass is 243 g/mol. The topological polar surface area (TPSA) is 55.5 Å². The fraction of sp³-hybridized carbons (Fsp3) is 0.500. The van der Waals surface area contributed by atoms with Crippen LogP contribution in [0.2, 0.25) is 5.02 Å². The molecule has 0 saturated carbocycles. The molecule has 0 aromatic heterocycles. The molecule has 1 rings (SSSR count). The first kappa shape index (κ1) is 13.1. The summed E-state index contributed by atoms with van der Waals surface area (Å²) in [4.78, 5) is 0. The van der Waals surface area contributed by atoms with E-state index in [0.717, 1.165) is 17.5 Å². The summed E-state index contributed by atoms with van der Waals surface area (Å²) in [6, 6.07) is 1.79. The van der Waals surface area contributed by atoms with E-state index >= 15 is 0 Å². The van der Waals surface area contributed by atoms with E-state index in [4.69, 9.17) is 22.1 Å². The first-order valence-electron chi connectivity index (χ1n) is 5.28. The summed E-state index contributed by atoms with van der Waals surface area (Å²) in [5.41, 5.74) is 7.05. The molecule has 0 spiro atoms. The van der Waals surface area contributed by atoms with E-state index in [-0.39, 0.29) is 11.7 Å². The molecule has 0 aliphatic heterocycles. The summed E-state index contributed by atoms with van der Waals surface area (Å²) in [6.07, 6.45) is 0.802. The van der Waals surface area contributed by atoms with E-state index in [1.54, 1.807) is 6.07 Å². The molecule has 0 saturated heterocycles. The van der Waals surface area contributed by atoms with Crippen LogP contribution in [0.3, 0.4) is 0 Å². The van der Waals surface area contributed by atoms with Crippen LogP contribution in [0.25, 0.3) is 0 Å². The van der Waals surface area contributed by atoms with E-state index in [9.17, 15) is 5.11 Å². The Bertz CT molecular complexity index is 380. The van der Waals surface area contributed by atoms with Crippen LogP contribution in [0.15, 0.2) is 6.07 Å². The Morgan fingerprint density at radius 2 is 2.19 bits per heavy atom. The average molecular weight is 244 g/mol. The first-order chi connectivity index (χ1) is 7.52. The summed E-state index contributed by atoms with van der Waals surface area (Å²) in [7, 11) is 1.52. The predicted octanol–water partition coefficient (Wildman–Crippen LogP) is 2.81. The molecule has 0 bridgehead atoms. The standard InChI is InChI=1S/C12H18ClNO2/c1-7(4-5-14)9-6-10(13)8(2)12(16-3)11(9)15/h6-7,15H,4-5,14H2,1-3H3. The van der Waals surface area contributed by atoms with Gasteiger partial charge >= 0.3 is 0 Å². The van der Waals surface area contributed by atoms with Crippen molar-refractivity contribution in [3.05, 3.63) is 22.2 Å². The molecular formula is C12H18ClNO2. The van der Waals surface area contributed by atoms with Crippen LogP contribution in [0.5, 0.6) is 11.5 Å². The lowest BCUT2D eigenvalue weighted by molar-refractivity contribution is 0.366. The number of aromatic hydroxyl groups is 1. The zero-order valence-corrected chi connectivity index (χ0v) is 10.6. The van der Waals surface area contributed by atoms with Gasteiger partial charge < -0.3 is 15.6 Å². The number of methoxy groups -OCH3 is 1. The molecule has 16 heavy (non-hydrogen) atoms. The van der Waals surface area contributed by atoms with Crippen LogP contribution < -0.4 is 10.5 Å². The molecule has 90 valence electrons. The van der Waals surface area contributed by atoms with Gasteiger partial charge in [0.05, 0.1) is 7.11 Å². The van der Waals surface area contributed by atoms with Crippen LogP contribution in [0.1, 0.15) is 30.4 Å². The summed E-state index contributed by atoms with van der Waals surface area (Å²) in [6.45, 7) is 4.40. The van der Waals surface area contributed by atoms with Crippen molar-refractivity contribution in [1.29, 1.82) is 0 Å². The second-order valence-corrected chi connectivity index (χ2v) is 4.34. The Kier molecular flexibility index (Phi) is 4.44. The van der Waals surface area contributed by atoms with Gasteiger partial charge in [0.1, 0.15) is 0 Å². The third-order valence-corrected chi connectivity index (χ3v) is 3.20. The molecule has 4 heteroatoms. The SMILES string of the molecule is COc1c(C)c(Cl)cc(C(C)CCN)c1O. The van der Waals surface area contributed by atoms with Gasteiger partial charge in [0, 0.05) is 16.1 Å².